The van der Waals surface area contributed by atoms with Crippen molar-refractivity contribution in [2.45, 2.75) is 12.8 Å². The van der Waals surface area contributed by atoms with Gasteiger partial charge in [0.15, 0.2) is 0 Å². The van der Waals surface area contributed by atoms with Crippen LogP contribution in [0.4, 0.5) is 5.69 Å². The molecular weight excluding hydrogens is 392 g/mol. The fraction of sp³-hybridized carbons (Fsp3) is 0.0870. The maximum absolute atomic E-state index is 12.6. The smallest absolute Gasteiger partial charge is 0.227 e. The number of carbonyl (C=O) groups is 1. The van der Waals surface area contributed by atoms with Crippen LogP contribution in [0.15, 0.2) is 77.4 Å². The van der Waals surface area contributed by atoms with Crippen molar-refractivity contribution in [1.82, 2.24) is 25.1 Å². The van der Waals surface area contributed by atoms with Gasteiger partial charge in [-0.3, -0.25) is 9.78 Å². The van der Waals surface area contributed by atoms with Gasteiger partial charge in [-0.05, 0) is 36.4 Å². The van der Waals surface area contributed by atoms with Crippen molar-refractivity contribution in [3.63, 3.8) is 0 Å². The van der Waals surface area contributed by atoms with Crippen molar-refractivity contribution in [3.05, 3.63) is 78.8 Å². The van der Waals surface area contributed by atoms with Crippen molar-refractivity contribution in [2.24, 2.45) is 0 Å². The summed E-state index contributed by atoms with van der Waals surface area (Å²) in [5.74, 6) is 1.35. The number of anilines is 1. The largest absolute Gasteiger partial charge is 0.339 e. The van der Waals surface area contributed by atoms with Crippen molar-refractivity contribution in [3.8, 4) is 22.9 Å². The molecule has 2 N–H and O–H groups in total. The first-order valence-electron chi connectivity index (χ1n) is 9.84. The van der Waals surface area contributed by atoms with Gasteiger partial charge < -0.3 is 14.8 Å². The number of H-pyrrole nitrogens is 1. The van der Waals surface area contributed by atoms with Crippen molar-refractivity contribution in [2.75, 3.05) is 5.32 Å². The quantitative estimate of drug-likeness (QED) is 0.433. The Kier molecular flexibility index (Phi) is 4.94. The number of hydrogen-bond acceptors (Lipinski definition) is 6. The summed E-state index contributed by atoms with van der Waals surface area (Å²) in [6.07, 6.45) is 2.20. The molecule has 0 saturated heterocycles. The SMILES string of the molecule is O=C(CCc1nc(-c2ccccn2)no1)Nc1ccccc1-c1nc2ccccc2[nH]1. The zero-order valence-corrected chi connectivity index (χ0v) is 16.4. The third kappa shape index (κ3) is 4.04. The summed E-state index contributed by atoms with van der Waals surface area (Å²) >= 11 is 0. The summed E-state index contributed by atoms with van der Waals surface area (Å²) in [4.78, 5) is 29.0. The molecular formula is C23H18N6O2. The fourth-order valence-corrected chi connectivity index (χ4v) is 3.27. The Labute approximate surface area is 177 Å². The molecule has 5 aromatic rings. The highest BCUT2D eigenvalue weighted by Crippen LogP contribution is 2.27. The first kappa shape index (κ1) is 18.7. The van der Waals surface area contributed by atoms with Gasteiger partial charge in [0, 0.05) is 24.6 Å². The predicted molar refractivity (Wildman–Crippen MR) is 116 cm³/mol. The molecule has 2 aromatic carbocycles. The lowest BCUT2D eigenvalue weighted by Crippen LogP contribution is -2.13. The summed E-state index contributed by atoms with van der Waals surface area (Å²) < 4.78 is 5.25. The second kappa shape index (κ2) is 8.19. The Morgan fingerprint density at radius 2 is 1.81 bits per heavy atom. The molecule has 0 saturated carbocycles. The number of aromatic nitrogens is 5. The lowest BCUT2D eigenvalue weighted by molar-refractivity contribution is -0.116. The number of aromatic amines is 1. The van der Waals surface area contributed by atoms with Crippen molar-refractivity contribution < 1.29 is 9.32 Å². The van der Waals surface area contributed by atoms with Crippen molar-refractivity contribution >= 4 is 22.6 Å². The molecule has 152 valence electrons. The van der Waals surface area contributed by atoms with Crippen LogP contribution in [0.5, 0.6) is 0 Å². The van der Waals surface area contributed by atoms with E-state index in [0.29, 0.717) is 35.3 Å². The minimum Gasteiger partial charge on any atom is -0.339 e. The molecule has 3 aromatic heterocycles. The number of nitrogens with zero attached hydrogens (tertiary/aromatic N) is 4. The highest BCUT2D eigenvalue weighted by molar-refractivity contribution is 5.95. The van der Waals surface area contributed by atoms with E-state index in [4.69, 9.17) is 4.52 Å². The lowest BCUT2D eigenvalue weighted by atomic mass is 10.1. The maximum Gasteiger partial charge on any atom is 0.227 e. The van der Waals surface area contributed by atoms with Gasteiger partial charge in [-0.25, -0.2) is 4.98 Å². The van der Waals surface area contributed by atoms with Gasteiger partial charge in [-0.2, -0.15) is 4.98 Å². The Bertz CT molecular complexity index is 1310. The molecule has 0 aliphatic carbocycles. The van der Waals surface area contributed by atoms with E-state index in [1.165, 1.54) is 0 Å². The Hall–Kier alpha value is -4.33. The summed E-state index contributed by atoms with van der Waals surface area (Å²) in [5, 5.41) is 6.89. The van der Waals surface area contributed by atoms with Crippen LogP contribution in [-0.4, -0.2) is 31.0 Å². The van der Waals surface area contributed by atoms with Crippen LogP contribution in [0, 0.1) is 0 Å². The number of aryl methyl sites for hydroxylation is 1. The molecule has 8 heteroatoms. The second-order valence-electron chi connectivity index (χ2n) is 6.92. The monoisotopic (exact) mass is 410 g/mol. The highest BCUT2D eigenvalue weighted by atomic mass is 16.5. The van der Waals surface area contributed by atoms with Crippen LogP contribution < -0.4 is 5.32 Å². The Morgan fingerprint density at radius 3 is 2.68 bits per heavy atom. The predicted octanol–water partition coefficient (Wildman–Crippen LogP) is 4.25. The van der Waals surface area contributed by atoms with E-state index in [1.807, 2.05) is 60.7 Å². The normalized spacial score (nSPS) is 11.0. The van der Waals surface area contributed by atoms with Gasteiger partial charge in [0.1, 0.15) is 11.5 Å². The standard InChI is InChI=1S/C23H18N6O2/c30-20(12-13-21-28-23(29-31-21)19-11-5-6-14-24-19)25-16-8-2-1-7-15(16)22-26-17-9-3-4-10-18(17)27-22/h1-11,14H,12-13H2,(H,25,30)(H,26,27). The number of amides is 1. The van der Waals surface area contributed by atoms with Crippen molar-refractivity contribution in [1.29, 1.82) is 0 Å². The van der Waals surface area contributed by atoms with Crippen LogP contribution in [0.3, 0.4) is 0 Å². The molecule has 0 aliphatic heterocycles. The van der Waals surface area contributed by atoms with Crippen LogP contribution in [0.25, 0.3) is 33.9 Å². The number of benzene rings is 2. The molecule has 3 heterocycles. The van der Waals surface area contributed by atoms with Gasteiger partial charge in [0.25, 0.3) is 0 Å². The van der Waals surface area contributed by atoms with Gasteiger partial charge >= 0.3 is 0 Å². The van der Waals surface area contributed by atoms with Gasteiger partial charge in [-0.1, -0.05) is 35.5 Å². The summed E-state index contributed by atoms with van der Waals surface area (Å²) in [6.45, 7) is 0. The van der Waals surface area contributed by atoms with E-state index in [-0.39, 0.29) is 12.3 Å². The van der Waals surface area contributed by atoms with Gasteiger partial charge in [-0.15, -0.1) is 0 Å². The molecule has 0 radical (unpaired) electrons. The highest BCUT2D eigenvalue weighted by Gasteiger charge is 2.14. The summed E-state index contributed by atoms with van der Waals surface area (Å²) in [7, 11) is 0. The summed E-state index contributed by atoms with van der Waals surface area (Å²) in [6, 6.07) is 20.8. The average Bonchev–Trinajstić information content (AvgIpc) is 3.46. The second-order valence-corrected chi connectivity index (χ2v) is 6.92. The molecule has 0 spiro atoms. The van der Waals surface area contributed by atoms with E-state index in [0.717, 1.165) is 16.6 Å². The molecule has 8 nitrogen and oxygen atoms in total. The maximum atomic E-state index is 12.6. The number of rotatable bonds is 6. The number of hydrogen-bond donors (Lipinski definition) is 2. The number of nitrogens with one attached hydrogen (secondary N) is 2. The van der Waals surface area contributed by atoms with E-state index in [1.54, 1.807) is 12.3 Å². The van der Waals surface area contributed by atoms with Crippen LogP contribution in [-0.2, 0) is 11.2 Å². The summed E-state index contributed by atoms with van der Waals surface area (Å²) in [5.41, 5.74) is 3.95. The topological polar surface area (TPSA) is 110 Å². The lowest BCUT2D eigenvalue weighted by Gasteiger charge is -2.09. The fourth-order valence-electron chi connectivity index (χ4n) is 3.27. The molecule has 31 heavy (non-hydrogen) atoms. The number of fused-ring (bicyclic) bond motifs is 1. The molecule has 0 aliphatic rings. The first-order valence-corrected chi connectivity index (χ1v) is 9.84. The molecule has 1 amide bonds. The molecule has 0 bridgehead atoms. The van der Waals surface area contributed by atoms with Crippen LogP contribution >= 0.6 is 0 Å². The number of pyridine rings is 1. The molecule has 0 unspecified atom stereocenters. The van der Waals surface area contributed by atoms with Gasteiger partial charge in [0.2, 0.25) is 17.6 Å². The third-order valence-corrected chi connectivity index (χ3v) is 4.77. The minimum atomic E-state index is -0.152. The zero-order chi connectivity index (χ0) is 21.0. The Morgan fingerprint density at radius 1 is 0.968 bits per heavy atom. The zero-order valence-electron chi connectivity index (χ0n) is 16.4. The number of imidazole rings is 1. The Balaban J connectivity index is 1.28. The molecule has 0 fully saturated rings. The van der Waals surface area contributed by atoms with E-state index >= 15 is 0 Å². The van der Waals surface area contributed by atoms with Gasteiger partial charge in [0.05, 0.1) is 16.7 Å². The number of para-hydroxylation sites is 3. The molecule has 5 rings (SSSR count). The minimum absolute atomic E-state index is 0.152. The van der Waals surface area contributed by atoms with E-state index in [2.05, 4.69) is 30.4 Å². The molecule has 0 atom stereocenters. The third-order valence-electron chi connectivity index (χ3n) is 4.77. The van der Waals surface area contributed by atoms with Crippen LogP contribution in [0.1, 0.15) is 12.3 Å². The van der Waals surface area contributed by atoms with E-state index in [9.17, 15) is 4.79 Å². The van der Waals surface area contributed by atoms with E-state index < -0.39 is 0 Å². The average molecular weight is 410 g/mol. The number of carbonyl (C=O) groups excluding carboxylic acids is 1. The first-order chi connectivity index (χ1) is 15.3. The van der Waals surface area contributed by atoms with Crippen LogP contribution in [0.2, 0.25) is 0 Å².